The first-order valence-electron chi connectivity index (χ1n) is 10.2. The van der Waals surface area contributed by atoms with E-state index in [1.54, 1.807) is 25.2 Å². The maximum Gasteiger partial charge on any atom is 0.128 e. The Labute approximate surface area is 191 Å². The summed E-state index contributed by atoms with van der Waals surface area (Å²) >= 11 is 8.13. The second-order valence-electron chi connectivity index (χ2n) is 8.16. The summed E-state index contributed by atoms with van der Waals surface area (Å²) in [7, 11) is 0. The summed E-state index contributed by atoms with van der Waals surface area (Å²) in [6.45, 7) is 7.51. The largest absolute Gasteiger partial charge is 0.490 e. The average Bonchev–Trinajstić information content (AvgIpc) is 3.35. The smallest absolute Gasteiger partial charge is 0.128 e. The summed E-state index contributed by atoms with van der Waals surface area (Å²) in [5, 5.41) is 15.9. The van der Waals surface area contributed by atoms with E-state index < -0.39 is 5.60 Å². The van der Waals surface area contributed by atoms with Gasteiger partial charge in [0.25, 0.3) is 0 Å². The Bertz CT molecular complexity index is 1200. The van der Waals surface area contributed by atoms with Crippen LogP contribution in [0.15, 0.2) is 66.7 Å². The fourth-order valence-corrected chi connectivity index (χ4v) is 4.56. The molecule has 4 nitrogen and oxygen atoms in total. The van der Waals surface area contributed by atoms with Crippen molar-refractivity contribution in [1.29, 1.82) is 0 Å². The number of aliphatic hydroxyl groups is 1. The average molecular weight is 453 g/mol. The van der Waals surface area contributed by atoms with Crippen molar-refractivity contribution in [1.82, 2.24) is 9.78 Å². The first-order valence-corrected chi connectivity index (χ1v) is 11.4. The van der Waals surface area contributed by atoms with Crippen LogP contribution in [0.4, 0.5) is 0 Å². The number of para-hydroxylation sites is 2. The second-order valence-corrected chi connectivity index (χ2v) is 9.65. The molecule has 4 aromatic rings. The van der Waals surface area contributed by atoms with Gasteiger partial charge in [-0.2, -0.15) is 5.10 Å². The van der Waals surface area contributed by atoms with Crippen molar-refractivity contribution in [3.63, 3.8) is 0 Å². The maximum atomic E-state index is 10.6. The van der Waals surface area contributed by atoms with Crippen molar-refractivity contribution in [2.45, 2.75) is 39.4 Å². The van der Waals surface area contributed by atoms with E-state index in [4.69, 9.17) is 21.4 Å². The minimum absolute atomic E-state index is 0.0941. The lowest BCUT2D eigenvalue weighted by atomic mass is 10.1. The van der Waals surface area contributed by atoms with Gasteiger partial charge in [-0.3, -0.25) is 0 Å². The zero-order chi connectivity index (χ0) is 22.2. The monoisotopic (exact) mass is 452 g/mol. The van der Waals surface area contributed by atoms with Gasteiger partial charge < -0.3 is 9.84 Å². The number of hydrogen-bond acceptors (Lipinski definition) is 4. The van der Waals surface area contributed by atoms with Gasteiger partial charge in [0.2, 0.25) is 0 Å². The third-order valence-electron chi connectivity index (χ3n) is 4.79. The van der Waals surface area contributed by atoms with Crippen LogP contribution >= 0.6 is 22.9 Å². The van der Waals surface area contributed by atoms with Crippen LogP contribution in [0.25, 0.3) is 26.7 Å². The molecule has 0 spiro atoms. The summed E-state index contributed by atoms with van der Waals surface area (Å²) < 4.78 is 7.82. The number of hydrogen-bond donors (Lipinski definition) is 1. The lowest BCUT2D eigenvalue weighted by Gasteiger charge is -2.13. The van der Waals surface area contributed by atoms with Crippen molar-refractivity contribution in [2.75, 3.05) is 0 Å². The highest BCUT2D eigenvalue weighted by molar-refractivity contribution is 7.18. The van der Waals surface area contributed by atoms with E-state index in [0.717, 1.165) is 32.4 Å². The molecule has 0 radical (unpaired) electrons. The third kappa shape index (κ3) is 4.54. The molecule has 4 rings (SSSR count). The van der Waals surface area contributed by atoms with Crippen LogP contribution < -0.4 is 4.74 Å². The molecule has 31 heavy (non-hydrogen) atoms. The molecule has 0 atom stereocenters. The highest BCUT2D eigenvalue weighted by Gasteiger charge is 2.24. The van der Waals surface area contributed by atoms with Crippen LogP contribution in [0.5, 0.6) is 5.75 Å². The predicted molar refractivity (Wildman–Crippen MR) is 128 cm³/mol. The molecular formula is C25H25ClN2O2S. The fraction of sp³-hybridized carbons (Fsp3) is 0.240. The molecule has 6 heteroatoms. The Morgan fingerprint density at radius 2 is 1.68 bits per heavy atom. The molecule has 0 unspecified atom stereocenters. The van der Waals surface area contributed by atoms with E-state index in [-0.39, 0.29) is 6.10 Å². The quantitative estimate of drug-likeness (QED) is 0.344. The Morgan fingerprint density at radius 1 is 1.00 bits per heavy atom. The van der Waals surface area contributed by atoms with Crippen LogP contribution in [0.2, 0.25) is 5.02 Å². The minimum atomic E-state index is -1.07. The normalized spacial score (nSPS) is 11.8. The van der Waals surface area contributed by atoms with Gasteiger partial charge in [0.05, 0.1) is 33.1 Å². The molecule has 0 bridgehead atoms. The highest BCUT2D eigenvalue weighted by atomic mass is 35.5. The van der Waals surface area contributed by atoms with Crippen molar-refractivity contribution < 1.29 is 9.84 Å². The SMILES string of the molecule is CC(C)Oc1ccccc1-c1ccc(-c2cc(C(C)(C)O)nn2-c2ccccc2Cl)s1. The summed E-state index contributed by atoms with van der Waals surface area (Å²) in [6, 6.07) is 21.7. The van der Waals surface area contributed by atoms with Gasteiger partial charge in [0, 0.05) is 10.4 Å². The first-order chi connectivity index (χ1) is 14.7. The minimum Gasteiger partial charge on any atom is -0.490 e. The zero-order valence-corrected chi connectivity index (χ0v) is 19.5. The molecule has 0 saturated heterocycles. The highest BCUT2D eigenvalue weighted by Crippen LogP contribution is 2.40. The van der Waals surface area contributed by atoms with Crippen molar-refractivity contribution in [3.8, 4) is 32.4 Å². The maximum absolute atomic E-state index is 10.6. The van der Waals surface area contributed by atoms with Gasteiger partial charge in [-0.25, -0.2) is 4.68 Å². The van der Waals surface area contributed by atoms with Crippen LogP contribution in [0, 0.1) is 0 Å². The molecule has 2 aromatic carbocycles. The molecule has 0 aliphatic carbocycles. The molecule has 0 saturated carbocycles. The van der Waals surface area contributed by atoms with E-state index in [1.165, 1.54) is 0 Å². The molecular weight excluding hydrogens is 428 g/mol. The van der Waals surface area contributed by atoms with Crippen molar-refractivity contribution >= 4 is 22.9 Å². The molecule has 0 amide bonds. The second kappa shape index (κ2) is 8.50. The summed E-state index contributed by atoms with van der Waals surface area (Å²) in [5.74, 6) is 0.864. The van der Waals surface area contributed by atoms with Gasteiger partial charge in [0.15, 0.2) is 0 Å². The van der Waals surface area contributed by atoms with E-state index in [0.29, 0.717) is 10.7 Å². The Hall–Kier alpha value is -2.60. The number of aromatic nitrogens is 2. The molecule has 0 aliphatic heterocycles. The van der Waals surface area contributed by atoms with Gasteiger partial charge in [-0.1, -0.05) is 35.9 Å². The lowest BCUT2D eigenvalue weighted by molar-refractivity contribution is 0.0734. The lowest BCUT2D eigenvalue weighted by Crippen LogP contribution is -2.16. The molecule has 0 aliphatic rings. The number of halogens is 1. The van der Waals surface area contributed by atoms with Crippen molar-refractivity contribution in [3.05, 3.63) is 77.4 Å². The first kappa shape index (κ1) is 21.6. The fourth-order valence-electron chi connectivity index (χ4n) is 3.31. The Morgan fingerprint density at radius 3 is 2.39 bits per heavy atom. The number of benzene rings is 2. The van der Waals surface area contributed by atoms with Gasteiger partial charge >= 0.3 is 0 Å². The summed E-state index contributed by atoms with van der Waals surface area (Å²) in [4.78, 5) is 2.13. The number of thiophene rings is 1. The van der Waals surface area contributed by atoms with Crippen molar-refractivity contribution in [2.24, 2.45) is 0 Å². The molecule has 1 N–H and O–H groups in total. The van der Waals surface area contributed by atoms with Crippen LogP contribution in [0.1, 0.15) is 33.4 Å². The van der Waals surface area contributed by atoms with Crippen LogP contribution in [-0.2, 0) is 5.60 Å². The Kier molecular flexibility index (Phi) is 5.93. The summed E-state index contributed by atoms with van der Waals surface area (Å²) in [6.07, 6.45) is 0.0941. The molecule has 2 aromatic heterocycles. The van der Waals surface area contributed by atoms with E-state index in [1.807, 2.05) is 67.1 Å². The van der Waals surface area contributed by atoms with Crippen LogP contribution in [-0.4, -0.2) is 21.0 Å². The van der Waals surface area contributed by atoms with Gasteiger partial charge in [-0.05, 0) is 70.2 Å². The van der Waals surface area contributed by atoms with Gasteiger partial charge in [-0.15, -0.1) is 11.3 Å². The molecule has 160 valence electrons. The van der Waals surface area contributed by atoms with Crippen LogP contribution in [0.3, 0.4) is 0 Å². The Balaban J connectivity index is 1.83. The van der Waals surface area contributed by atoms with Gasteiger partial charge in [0.1, 0.15) is 11.4 Å². The topological polar surface area (TPSA) is 47.3 Å². The zero-order valence-electron chi connectivity index (χ0n) is 18.0. The van der Waals surface area contributed by atoms with E-state index >= 15 is 0 Å². The third-order valence-corrected chi connectivity index (χ3v) is 6.25. The number of ether oxygens (including phenoxy) is 1. The van der Waals surface area contributed by atoms with E-state index in [9.17, 15) is 5.11 Å². The van der Waals surface area contributed by atoms with E-state index in [2.05, 4.69) is 18.2 Å². The predicted octanol–water partition coefficient (Wildman–Crippen LogP) is 6.94. The number of rotatable bonds is 6. The standard InChI is InChI=1S/C25H25ClN2O2S/c1-16(2)30-21-12-8-5-9-17(21)22-13-14-23(31-22)20-15-24(25(3,4)29)27-28(20)19-11-7-6-10-18(19)26/h5-16,29H,1-4H3. The summed E-state index contributed by atoms with van der Waals surface area (Å²) in [5.41, 5.74) is 2.22. The molecule has 0 fully saturated rings. The number of nitrogens with zero attached hydrogens (tertiary/aromatic N) is 2. The molecule has 2 heterocycles.